The van der Waals surface area contributed by atoms with Gasteiger partial charge in [0.15, 0.2) is 0 Å². The summed E-state index contributed by atoms with van der Waals surface area (Å²) in [5.74, 6) is 0.00334. The molecule has 17 heavy (non-hydrogen) atoms. The second-order valence-electron chi connectivity index (χ2n) is 4.51. The Labute approximate surface area is 103 Å². The quantitative estimate of drug-likeness (QED) is 0.731. The van der Waals surface area contributed by atoms with Gasteiger partial charge in [0.25, 0.3) is 0 Å². The number of carbonyl (C=O) groups excluding carboxylic acids is 1. The zero-order valence-corrected chi connectivity index (χ0v) is 10.7. The Bertz CT molecular complexity index is 377. The first-order valence-corrected chi connectivity index (χ1v) is 5.90. The lowest BCUT2D eigenvalue weighted by Gasteiger charge is -2.14. The van der Waals surface area contributed by atoms with Crippen molar-refractivity contribution in [2.45, 2.75) is 26.8 Å². The number of amides is 1. The first-order valence-electron chi connectivity index (χ1n) is 5.90. The SMILES string of the molecule is CC(CN)Nc1cccc(NC(=O)C(C)C)c1. The predicted molar refractivity (Wildman–Crippen MR) is 72.0 cm³/mol. The van der Waals surface area contributed by atoms with Crippen LogP contribution in [-0.2, 0) is 4.79 Å². The summed E-state index contributed by atoms with van der Waals surface area (Å²) in [6.45, 7) is 6.32. The molecule has 0 spiro atoms. The highest BCUT2D eigenvalue weighted by molar-refractivity contribution is 5.92. The molecule has 0 heterocycles. The highest BCUT2D eigenvalue weighted by Crippen LogP contribution is 2.16. The van der Waals surface area contributed by atoms with E-state index in [0.29, 0.717) is 6.54 Å². The van der Waals surface area contributed by atoms with Gasteiger partial charge in [0.05, 0.1) is 0 Å². The van der Waals surface area contributed by atoms with Gasteiger partial charge in [-0.05, 0) is 25.1 Å². The molecular formula is C13H21N3O. The fourth-order valence-corrected chi connectivity index (χ4v) is 1.32. The summed E-state index contributed by atoms with van der Waals surface area (Å²) in [6.07, 6.45) is 0. The molecule has 94 valence electrons. The van der Waals surface area contributed by atoms with E-state index in [2.05, 4.69) is 10.6 Å². The summed E-state index contributed by atoms with van der Waals surface area (Å²) in [5, 5.41) is 6.12. The number of anilines is 2. The number of hydrogen-bond acceptors (Lipinski definition) is 3. The Hall–Kier alpha value is -1.55. The fourth-order valence-electron chi connectivity index (χ4n) is 1.32. The minimum Gasteiger partial charge on any atom is -0.381 e. The monoisotopic (exact) mass is 235 g/mol. The molecule has 1 aromatic rings. The average molecular weight is 235 g/mol. The van der Waals surface area contributed by atoms with Crippen LogP contribution in [0.5, 0.6) is 0 Å². The third-order valence-corrected chi connectivity index (χ3v) is 2.42. The summed E-state index contributed by atoms with van der Waals surface area (Å²) in [4.78, 5) is 11.6. The van der Waals surface area contributed by atoms with E-state index in [1.54, 1.807) is 0 Å². The Kier molecular flexibility index (Phi) is 4.97. The van der Waals surface area contributed by atoms with E-state index in [0.717, 1.165) is 11.4 Å². The van der Waals surface area contributed by atoms with E-state index in [9.17, 15) is 4.79 Å². The molecule has 1 aromatic carbocycles. The highest BCUT2D eigenvalue weighted by Gasteiger charge is 2.07. The predicted octanol–water partition coefficient (Wildman–Crippen LogP) is 2.04. The molecule has 0 aliphatic carbocycles. The Morgan fingerprint density at radius 2 is 1.94 bits per heavy atom. The molecule has 0 fully saturated rings. The van der Waals surface area contributed by atoms with E-state index in [1.165, 1.54) is 0 Å². The molecule has 4 heteroatoms. The van der Waals surface area contributed by atoms with Gasteiger partial charge in [0.1, 0.15) is 0 Å². The van der Waals surface area contributed by atoms with Crippen molar-refractivity contribution >= 4 is 17.3 Å². The molecule has 1 rings (SSSR count). The fraction of sp³-hybridized carbons (Fsp3) is 0.462. The molecule has 4 N–H and O–H groups in total. The molecule has 0 bridgehead atoms. The molecule has 0 aromatic heterocycles. The van der Waals surface area contributed by atoms with Gasteiger partial charge in [0, 0.05) is 29.9 Å². The minimum absolute atomic E-state index is 0.0189. The molecule has 0 aliphatic heterocycles. The lowest BCUT2D eigenvalue weighted by Crippen LogP contribution is -2.25. The summed E-state index contributed by atoms with van der Waals surface area (Å²) >= 11 is 0. The number of benzene rings is 1. The van der Waals surface area contributed by atoms with E-state index in [4.69, 9.17) is 5.73 Å². The summed E-state index contributed by atoms with van der Waals surface area (Å²) in [5.41, 5.74) is 7.31. The van der Waals surface area contributed by atoms with Crippen molar-refractivity contribution in [2.24, 2.45) is 11.7 Å². The summed E-state index contributed by atoms with van der Waals surface area (Å²) in [6, 6.07) is 7.86. The van der Waals surface area contributed by atoms with Crippen LogP contribution in [0.25, 0.3) is 0 Å². The largest absolute Gasteiger partial charge is 0.381 e. The van der Waals surface area contributed by atoms with Crippen LogP contribution in [0.4, 0.5) is 11.4 Å². The molecule has 1 atom stereocenters. The van der Waals surface area contributed by atoms with Crippen LogP contribution in [0.3, 0.4) is 0 Å². The van der Waals surface area contributed by atoms with Gasteiger partial charge in [0.2, 0.25) is 5.91 Å². The van der Waals surface area contributed by atoms with Crippen LogP contribution >= 0.6 is 0 Å². The van der Waals surface area contributed by atoms with Gasteiger partial charge < -0.3 is 16.4 Å². The van der Waals surface area contributed by atoms with Gasteiger partial charge in [-0.2, -0.15) is 0 Å². The van der Waals surface area contributed by atoms with Crippen molar-refractivity contribution < 1.29 is 4.79 Å². The van der Waals surface area contributed by atoms with E-state index in [1.807, 2.05) is 45.0 Å². The maximum Gasteiger partial charge on any atom is 0.226 e. The third kappa shape index (κ3) is 4.44. The van der Waals surface area contributed by atoms with Crippen molar-refractivity contribution in [3.8, 4) is 0 Å². The smallest absolute Gasteiger partial charge is 0.226 e. The van der Waals surface area contributed by atoms with Crippen LogP contribution < -0.4 is 16.4 Å². The maximum absolute atomic E-state index is 11.6. The topological polar surface area (TPSA) is 67.2 Å². The average Bonchev–Trinajstić information content (AvgIpc) is 2.29. The number of carbonyl (C=O) groups is 1. The van der Waals surface area contributed by atoms with E-state index < -0.39 is 0 Å². The molecule has 0 saturated carbocycles. The summed E-state index contributed by atoms with van der Waals surface area (Å²) < 4.78 is 0. The molecule has 0 saturated heterocycles. The van der Waals surface area contributed by atoms with Crippen LogP contribution in [0, 0.1) is 5.92 Å². The minimum atomic E-state index is -0.0189. The Balaban J connectivity index is 2.69. The normalized spacial score (nSPS) is 12.3. The molecule has 4 nitrogen and oxygen atoms in total. The van der Waals surface area contributed by atoms with Crippen molar-refractivity contribution in [1.29, 1.82) is 0 Å². The molecule has 0 aliphatic rings. The van der Waals surface area contributed by atoms with Crippen LogP contribution in [0.15, 0.2) is 24.3 Å². The number of rotatable bonds is 5. The van der Waals surface area contributed by atoms with Crippen molar-refractivity contribution in [3.63, 3.8) is 0 Å². The molecule has 1 unspecified atom stereocenters. The van der Waals surface area contributed by atoms with E-state index >= 15 is 0 Å². The van der Waals surface area contributed by atoms with Crippen LogP contribution in [0.2, 0.25) is 0 Å². The molecule has 0 radical (unpaired) electrons. The second kappa shape index (κ2) is 6.25. The van der Waals surface area contributed by atoms with Crippen molar-refractivity contribution in [1.82, 2.24) is 0 Å². The van der Waals surface area contributed by atoms with Crippen LogP contribution in [-0.4, -0.2) is 18.5 Å². The number of nitrogens with one attached hydrogen (secondary N) is 2. The van der Waals surface area contributed by atoms with Gasteiger partial charge >= 0.3 is 0 Å². The van der Waals surface area contributed by atoms with E-state index in [-0.39, 0.29) is 17.9 Å². The van der Waals surface area contributed by atoms with Gasteiger partial charge in [-0.25, -0.2) is 0 Å². The van der Waals surface area contributed by atoms with Gasteiger partial charge in [-0.1, -0.05) is 19.9 Å². The summed E-state index contributed by atoms with van der Waals surface area (Å²) in [7, 11) is 0. The van der Waals surface area contributed by atoms with Gasteiger partial charge in [-0.15, -0.1) is 0 Å². The first kappa shape index (κ1) is 13.5. The van der Waals surface area contributed by atoms with Gasteiger partial charge in [-0.3, -0.25) is 4.79 Å². The number of hydrogen-bond donors (Lipinski definition) is 3. The zero-order chi connectivity index (χ0) is 12.8. The molecular weight excluding hydrogens is 214 g/mol. The van der Waals surface area contributed by atoms with Crippen molar-refractivity contribution in [3.05, 3.63) is 24.3 Å². The highest BCUT2D eigenvalue weighted by atomic mass is 16.1. The Morgan fingerprint density at radius 1 is 1.29 bits per heavy atom. The molecule has 1 amide bonds. The lowest BCUT2D eigenvalue weighted by molar-refractivity contribution is -0.118. The zero-order valence-electron chi connectivity index (χ0n) is 10.7. The van der Waals surface area contributed by atoms with Crippen molar-refractivity contribution in [2.75, 3.05) is 17.2 Å². The standard InChI is InChI=1S/C13H21N3O/c1-9(2)13(17)16-12-6-4-5-11(7-12)15-10(3)8-14/h4-7,9-10,15H,8,14H2,1-3H3,(H,16,17). The Morgan fingerprint density at radius 3 is 2.53 bits per heavy atom. The lowest BCUT2D eigenvalue weighted by atomic mass is 10.2. The third-order valence-electron chi connectivity index (χ3n) is 2.42. The maximum atomic E-state index is 11.6. The number of nitrogens with two attached hydrogens (primary N) is 1. The first-order chi connectivity index (χ1) is 8.02. The van der Waals surface area contributed by atoms with Crippen LogP contribution in [0.1, 0.15) is 20.8 Å². The second-order valence-corrected chi connectivity index (χ2v) is 4.51.